The minimum Gasteiger partial charge on any atom is -0.376 e. The van der Waals surface area contributed by atoms with E-state index in [9.17, 15) is 8.78 Å². The highest BCUT2D eigenvalue weighted by molar-refractivity contribution is 9.12. The van der Waals surface area contributed by atoms with Gasteiger partial charge in [0.15, 0.2) is 0 Å². The maximum Gasteiger partial charge on any atom is 0.264 e. The summed E-state index contributed by atoms with van der Waals surface area (Å²) in [5, 5.41) is 0. The van der Waals surface area contributed by atoms with Gasteiger partial charge >= 0.3 is 0 Å². The summed E-state index contributed by atoms with van der Waals surface area (Å²) in [6.45, 7) is 0.550. The van der Waals surface area contributed by atoms with Crippen molar-refractivity contribution in [3.8, 4) is 0 Å². The maximum absolute atomic E-state index is 12.1. The van der Waals surface area contributed by atoms with Crippen LogP contribution in [0.2, 0.25) is 0 Å². The molecule has 0 aliphatic carbocycles. The zero-order valence-corrected chi connectivity index (χ0v) is 7.61. The summed E-state index contributed by atoms with van der Waals surface area (Å²) in [6, 6.07) is 0. The molecule has 0 bridgehead atoms. The van der Waals surface area contributed by atoms with Crippen LogP contribution in [-0.4, -0.2) is 24.9 Å². The predicted octanol–water partition coefficient (Wildman–Crippen LogP) is 2.36. The van der Waals surface area contributed by atoms with Crippen molar-refractivity contribution in [2.24, 2.45) is 0 Å². The fraction of sp³-hybridized carbons (Fsp3) is 0.429. The SMILES string of the molecule is CN1C=C(Br)C(C(F)F)=CC1. The molecule has 0 N–H and O–H groups in total. The first-order valence-electron chi connectivity index (χ1n) is 3.17. The third-order valence-corrected chi connectivity index (χ3v) is 2.11. The van der Waals surface area contributed by atoms with Crippen LogP contribution in [0.3, 0.4) is 0 Å². The van der Waals surface area contributed by atoms with E-state index >= 15 is 0 Å². The fourth-order valence-electron chi connectivity index (χ4n) is 0.854. The summed E-state index contributed by atoms with van der Waals surface area (Å²) in [7, 11) is 1.83. The van der Waals surface area contributed by atoms with Crippen LogP contribution >= 0.6 is 15.9 Å². The van der Waals surface area contributed by atoms with E-state index in [1.165, 1.54) is 6.08 Å². The average molecular weight is 224 g/mol. The highest BCUT2D eigenvalue weighted by Crippen LogP contribution is 2.26. The molecule has 4 heteroatoms. The molecule has 0 amide bonds. The van der Waals surface area contributed by atoms with Crippen molar-refractivity contribution < 1.29 is 8.78 Å². The largest absolute Gasteiger partial charge is 0.376 e. The van der Waals surface area contributed by atoms with Gasteiger partial charge in [-0.1, -0.05) is 6.08 Å². The van der Waals surface area contributed by atoms with Gasteiger partial charge in [-0.15, -0.1) is 0 Å². The molecule has 0 radical (unpaired) electrons. The molecular weight excluding hydrogens is 216 g/mol. The molecule has 0 atom stereocenters. The highest BCUT2D eigenvalue weighted by Gasteiger charge is 2.17. The highest BCUT2D eigenvalue weighted by atomic mass is 79.9. The van der Waals surface area contributed by atoms with Crippen LogP contribution in [0, 0.1) is 0 Å². The molecule has 0 aromatic carbocycles. The monoisotopic (exact) mass is 223 g/mol. The maximum atomic E-state index is 12.1. The molecule has 62 valence electrons. The summed E-state index contributed by atoms with van der Waals surface area (Å²) in [6.07, 6.45) is 0.797. The van der Waals surface area contributed by atoms with Gasteiger partial charge in [0, 0.05) is 29.8 Å². The predicted molar refractivity (Wildman–Crippen MR) is 43.7 cm³/mol. The van der Waals surface area contributed by atoms with E-state index in [4.69, 9.17) is 0 Å². The van der Waals surface area contributed by atoms with Crippen molar-refractivity contribution >= 4 is 15.9 Å². The lowest BCUT2D eigenvalue weighted by atomic mass is 10.2. The molecule has 1 heterocycles. The van der Waals surface area contributed by atoms with E-state index in [-0.39, 0.29) is 5.57 Å². The second-order valence-corrected chi connectivity index (χ2v) is 3.23. The van der Waals surface area contributed by atoms with Crippen molar-refractivity contribution in [2.45, 2.75) is 6.43 Å². The number of halogens is 3. The minimum atomic E-state index is -2.38. The molecule has 1 aliphatic rings. The average Bonchev–Trinajstić information content (AvgIpc) is 1.85. The van der Waals surface area contributed by atoms with Gasteiger partial charge < -0.3 is 4.90 Å². The Labute approximate surface area is 72.5 Å². The van der Waals surface area contributed by atoms with Gasteiger partial charge in [-0.25, -0.2) is 8.78 Å². The normalized spacial score (nSPS) is 18.5. The summed E-state index contributed by atoms with van der Waals surface area (Å²) >= 11 is 3.07. The van der Waals surface area contributed by atoms with Crippen LogP contribution in [-0.2, 0) is 0 Å². The standard InChI is InChI=1S/C7H8BrF2N/c1-11-3-2-5(7(9)10)6(8)4-11/h2,4,7H,3H2,1H3. The summed E-state index contributed by atoms with van der Waals surface area (Å²) in [4.78, 5) is 1.83. The van der Waals surface area contributed by atoms with Crippen molar-refractivity contribution in [3.63, 3.8) is 0 Å². The Morgan fingerprint density at radius 1 is 1.64 bits per heavy atom. The van der Waals surface area contributed by atoms with Gasteiger partial charge in [-0.05, 0) is 15.9 Å². The fourth-order valence-corrected chi connectivity index (χ4v) is 1.54. The topological polar surface area (TPSA) is 3.24 Å². The Kier molecular flexibility index (Phi) is 2.65. The first kappa shape index (κ1) is 8.71. The molecule has 0 spiro atoms. The smallest absolute Gasteiger partial charge is 0.264 e. The van der Waals surface area contributed by atoms with Gasteiger partial charge in [0.25, 0.3) is 6.43 Å². The first-order valence-corrected chi connectivity index (χ1v) is 3.96. The van der Waals surface area contributed by atoms with Gasteiger partial charge in [0.1, 0.15) is 0 Å². The second kappa shape index (κ2) is 3.34. The van der Waals surface area contributed by atoms with Crippen LogP contribution in [0.4, 0.5) is 8.78 Å². The molecule has 0 aromatic heterocycles. The van der Waals surface area contributed by atoms with Crippen molar-refractivity contribution in [1.82, 2.24) is 4.90 Å². The molecule has 1 aliphatic heterocycles. The van der Waals surface area contributed by atoms with E-state index < -0.39 is 6.43 Å². The van der Waals surface area contributed by atoms with Crippen LogP contribution in [0.1, 0.15) is 0 Å². The molecule has 1 nitrogen and oxygen atoms in total. The molecule has 0 saturated heterocycles. The number of allylic oxidation sites excluding steroid dienone is 2. The molecule has 1 rings (SSSR count). The number of hydrogen-bond donors (Lipinski definition) is 0. The van der Waals surface area contributed by atoms with Gasteiger partial charge in [-0.3, -0.25) is 0 Å². The lowest BCUT2D eigenvalue weighted by molar-refractivity contribution is 0.192. The molecule has 0 fully saturated rings. The van der Waals surface area contributed by atoms with Crippen LogP contribution < -0.4 is 0 Å². The molecule has 0 unspecified atom stereocenters. The van der Waals surface area contributed by atoms with E-state index in [0.717, 1.165) is 0 Å². The Morgan fingerprint density at radius 2 is 2.27 bits per heavy atom. The Hall–Kier alpha value is -0.380. The lowest BCUT2D eigenvalue weighted by Gasteiger charge is -2.19. The van der Waals surface area contributed by atoms with Crippen molar-refractivity contribution in [2.75, 3.05) is 13.6 Å². The zero-order valence-electron chi connectivity index (χ0n) is 6.02. The van der Waals surface area contributed by atoms with Gasteiger partial charge in [0.05, 0.1) is 0 Å². The van der Waals surface area contributed by atoms with Gasteiger partial charge in [-0.2, -0.15) is 0 Å². The summed E-state index contributed by atoms with van der Waals surface area (Å²) in [5.41, 5.74) is 0.0862. The summed E-state index contributed by atoms with van der Waals surface area (Å²) in [5.74, 6) is 0. The molecule has 0 saturated carbocycles. The quantitative estimate of drug-likeness (QED) is 0.660. The number of nitrogens with zero attached hydrogens (tertiary/aromatic N) is 1. The number of likely N-dealkylation sites (N-methyl/N-ethyl adjacent to an activating group) is 1. The first-order chi connectivity index (χ1) is 5.11. The zero-order chi connectivity index (χ0) is 8.43. The second-order valence-electron chi connectivity index (χ2n) is 2.38. The Bertz CT molecular complexity index is 210. The minimum absolute atomic E-state index is 0.0862. The van der Waals surface area contributed by atoms with E-state index in [1.54, 1.807) is 6.20 Å². The third-order valence-electron chi connectivity index (χ3n) is 1.44. The van der Waals surface area contributed by atoms with Gasteiger partial charge in [0.2, 0.25) is 0 Å². The lowest BCUT2D eigenvalue weighted by Crippen LogP contribution is -2.17. The summed E-state index contributed by atoms with van der Waals surface area (Å²) < 4.78 is 24.8. The van der Waals surface area contributed by atoms with Crippen molar-refractivity contribution in [3.05, 3.63) is 22.3 Å². The Morgan fingerprint density at radius 3 is 2.73 bits per heavy atom. The van der Waals surface area contributed by atoms with Crippen LogP contribution in [0.15, 0.2) is 22.3 Å². The number of hydrogen-bond acceptors (Lipinski definition) is 1. The van der Waals surface area contributed by atoms with Crippen LogP contribution in [0.25, 0.3) is 0 Å². The number of rotatable bonds is 1. The van der Waals surface area contributed by atoms with E-state index in [0.29, 0.717) is 11.0 Å². The number of alkyl halides is 2. The molecule has 11 heavy (non-hydrogen) atoms. The molecule has 0 aromatic rings. The van der Waals surface area contributed by atoms with Crippen molar-refractivity contribution in [1.29, 1.82) is 0 Å². The third kappa shape index (κ3) is 2.02. The van der Waals surface area contributed by atoms with Crippen LogP contribution in [0.5, 0.6) is 0 Å². The Balaban J connectivity index is 2.77. The van der Waals surface area contributed by atoms with E-state index in [1.807, 2.05) is 11.9 Å². The molecular formula is C7H8BrF2N. The van der Waals surface area contributed by atoms with E-state index in [2.05, 4.69) is 15.9 Å².